The van der Waals surface area contributed by atoms with Crippen molar-refractivity contribution in [1.29, 1.82) is 0 Å². The summed E-state index contributed by atoms with van der Waals surface area (Å²) in [6.45, 7) is 2.13. The number of aryl methyl sites for hydroxylation is 1. The van der Waals surface area contributed by atoms with Crippen LogP contribution in [-0.4, -0.2) is 17.7 Å². The number of piperidine rings is 1. The Labute approximate surface area is 113 Å². The molecule has 4 heteroatoms. The van der Waals surface area contributed by atoms with Crippen LogP contribution < -0.4 is 5.32 Å². The molecule has 0 bridgehead atoms. The smallest absolute Gasteiger partial charge is 0.123 e. The third kappa shape index (κ3) is 2.25. The van der Waals surface area contributed by atoms with Crippen molar-refractivity contribution >= 4 is 23.3 Å². The Hall–Kier alpha value is -1.06. The van der Waals surface area contributed by atoms with Gasteiger partial charge in [-0.2, -0.15) is 0 Å². The highest BCUT2D eigenvalue weighted by Gasteiger charge is 2.19. The van der Waals surface area contributed by atoms with E-state index in [2.05, 4.69) is 16.1 Å². The van der Waals surface area contributed by atoms with E-state index in [0.717, 1.165) is 36.8 Å². The highest BCUT2D eigenvalue weighted by Crippen LogP contribution is 2.32. The van der Waals surface area contributed by atoms with Crippen molar-refractivity contribution in [3.63, 3.8) is 0 Å². The summed E-state index contributed by atoms with van der Waals surface area (Å²) in [6, 6.07) is 5.08. The van der Waals surface area contributed by atoms with E-state index in [9.17, 15) is 4.39 Å². The normalized spacial score (nSPS) is 16.8. The Morgan fingerprint density at radius 3 is 2.72 bits per heavy atom. The minimum absolute atomic E-state index is 0. The van der Waals surface area contributed by atoms with Crippen molar-refractivity contribution < 1.29 is 4.39 Å². The first kappa shape index (κ1) is 13.4. The highest BCUT2D eigenvalue weighted by molar-refractivity contribution is 5.85. The number of nitrogens with one attached hydrogen (secondary N) is 1. The summed E-state index contributed by atoms with van der Waals surface area (Å²) in [7, 11) is 2.03. The molecule has 2 aromatic rings. The molecule has 1 aromatic heterocycles. The number of rotatable bonds is 1. The van der Waals surface area contributed by atoms with E-state index in [1.807, 2.05) is 13.1 Å². The fourth-order valence-corrected chi connectivity index (χ4v) is 2.85. The molecule has 98 valence electrons. The Morgan fingerprint density at radius 2 is 2.00 bits per heavy atom. The molecule has 2 heterocycles. The molecule has 0 spiro atoms. The van der Waals surface area contributed by atoms with Gasteiger partial charge in [0.25, 0.3) is 0 Å². The molecule has 1 fully saturated rings. The lowest BCUT2D eigenvalue weighted by Gasteiger charge is -2.22. The summed E-state index contributed by atoms with van der Waals surface area (Å²) in [5.74, 6) is 0.431. The van der Waals surface area contributed by atoms with E-state index in [0.29, 0.717) is 5.92 Å². The maximum absolute atomic E-state index is 13.4. The van der Waals surface area contributed by atoms with Gasteiger partial charge in [0.05, 0.1) is 0 Å². The summed E-state index contributed by atoms with van der Waals surface area (Å²) in [5.41, 5.74) is 2.43. The minimum Gasteiger partial charge on any atom is -0.350 e. The van der Waals surface area contributed by atoms with Crippen LogP contribution in [0.25, 0.3) is 10.9 Å². The lowest BCUT2D eigenvalue weighted by atomic mass is 9.90. The molecule has 1 saturated heterocycles. The predicted molar refractivity (Wildman–Crippen MR) is 75.0 cm³/mol. The first-order valence-electron chi connectivity index (χ1n) is 6.21. The molecule has 1 N–H and O–H groups in total. The molecule has 1 aliphatic rings. The van der Waals surface area contributed by atoms with Gasteiger partial charge in [-0.15, -0.1) is 12.4 Å². The summed E-state index contributed by atoms with van der Waals surface area (Å²) in [5, 5.41) is 4.45. The molecule has 0 saturated carbocycles. The summed E-state index contributed by atoms with van der Waals surface area (Å²) < 4.78 is 15.5. The maximum Gasteiger partial charge on any atom is 0.123 e. The van der Waals surface area contributed by atoms with Gasteiger partial charge in [-0.25, -0.2) is 4.39 Å². The van der Waals surface area contributed by atoms with Crippen molar-refractivity contribution in [2.75, 3.05) is 13.1 Å². The lowest BCUT2D eigenvalue weighted by molar-refractivity contribution is 0.462. The van der Waals surface area contributed by atoms with Crippen LogP contribution in [0.1, 0.15) is 24.3 Å². The third-order valence-electron chi connectivity index (χ3n) is 3.76. The highest BCUT2D eigenvalue weighted by atomic mass is 35.5. The minimum atomic E-state index is -0.140. The molecule has 3 rings (SSSR count). The molecule has 0 amide bonds. The van der Waals surface area contributed by atoms with Crippen LogP contribution >= 0.6 is 12.4 Å². The monoisotopic (exact) mass is 268 g/mol. The molecule has 0 unspecified atom stereocenters. The van der Waals surface area contributed by atoms with Crippen molar-refractivity contribution in [3.05, 3.63) is 35.8 Å². The first-order valence-corrected chi connectivity index (χ1v) is 6.21. The molecule has 0 aliphatic carbocycles. The summed E-state index contributed by atoms with van der Waals surface area (Å²) >= 11 is 0. The Balaban J connectivity index is 0.00000120. The summed E-state index contributed by atoms with van der Waals surface area (Å²) in [6.07, 6.45) is 4.46. The fraction of sp³-hybridized carbons (Fsp3) is 0.429. The number of halogens is 2. The number of benzene rings is 1. The maximum atomic E-state index is 13.4. The van der Waals surface area contributed by atoms with Crippen LogP contribution in [0.4, 0.5) is 4.39 Å². The SMILES string of the molecule is Cl.Cn1cc(C2CCNCC2)c2cc(F)ccc21. The number of hydrogen-bond acceptors (Lipinski definition) is 1. The third-order valence-corrected chi connectivity index (χ3v) is 3.76. The van der Waals surface area contributed by atoms with Crippen LogP contribution in [0.3, 0.4) is 0 Å². The van der Waals surface area contributed by atoms with E-state index >= 15 is 0 Å². The van der Waals surface area contributed by atoms with Crippen molar-refractivity contribution in [2.45, 2.75) is 18.8 Å². The average Bonchev–Trinajstić information content (AvgIpc) is 2.67. The van der Waals surface area contributed by atoms with Gasteiger partial charge in [-0.3, -0.25) is 0 Å². The molecule has 18 heavy (non-hydrogen) atoms. The zero-order valence-corrected chi connectivity index (χ0v) is 11.3. The average molecular weight is 269 g/mol. The van der Waals surface area contributed by atoms with Gasteiger partial charge in [-0.05, 0) is 55.6 Å². The van der Waals surface area contributed by atoms with Gasteiger partial charge in [0, 0.05) is 24.1 Å². The van der Waals surface area contributed by atoms with Gasteiger partial charge < -0.3 is 9.88 Å². The van der Waals surface area contributed by atoms with Gasteiger partial charge in [0.15, 0.2) is 0 Å². The lowest BCUT2D eigenvalue weighted by Crippen LogP contribution is -2.26. The van der Waals surface area contributed by atoms with Crippen molar-refractivity contribution in [2.24, 2.45) is 7.05 Å². The number of aromatic nitrogens is 1. The van der Waals surface area contributed by atoms with Crippen LogP contribution in [0, 0.1) is 5.82 Å². The second-order valence-electron chi connectivity index (χ2n) is 4.88. The number of fused-ring (bicyclic) bond motifs is 1. The predicted octanol–water partition coefficient (Wildman–Crippen LogP) is 3.21. The summed E-state index contributed by atoms with van der Waals surface area (Å²) in [4.78, 5) is 0. The van der Waals surface area contributed by atoms with Crippen molar-refractivity contribution in [1.82, 2.24) is 9.88 Å². The van der Waals surface area contributed by atoms with E-state index in [-0.39, 0.29) is 18.2 Å². The van der Waals surface area contributed by atoms with Gasteiger partial charge >= 0.3 is 0 Å². The van der Waals surface area contributed by atoms with E-state index in [4.69, 9.17) is 0 Å². The largest absolute Gasteiger partial charge is 0.350 e. The van der Waals surface area contributed by atoms with Gasteiger partial charge in [0.1, 0.15) is 5.82 Å². The molecular formula is C14H18ClFN2. The topological polar surface area (TPSA) is 17.0 Å². The second-order valence-corrected chi connectivity index (χ2v) is 4.88. The molecule has 2 nitrogen and oxygen atoms in total. The first-order chi connectivity index (χ1) is 8.25. The second kappa shape index (κ2) is 5.29. The van der Waals surface area contributed by atoms with E-state index in [1.54, 1.807) is 6.07 Å². The quantitative estimate of drug-likeness (QED) is 0.840. The molecular weight excluding hydrogens is 251 g/mol. The Kier molecular flexibility index (Phi) is 3.93. The van der Waals surface area contributed by atoms with Crippen LogP contribution in [0.15, 0.2) is 24.4 Å². The van der Waals surface area contributed by atoms with E-state index in [1.165, 1.54) is 11.6 Å². The van der Waals surface area contributed by atoms with Crippen LogP contribution in [0.5, 0.6) is 0 Å². The van der Waals surface area contributed by atoms with Crippen LogP contribution in [-0.2, 0) is 7.05 Å². The molecule has 1 aliphatic heterocycles. The van der Waals surface area contributed by atoms with E-state index < -0.39 is 0 Å². The standard InChI is InChI=1S/C14H17FN2.ClH/c1-17-9-13(10-4-6-16-7-5-10)12-8-11(15)2-3-14(12)17;/h2-3,8-10,16H,4-7H2,1H3;1H. The Bertz CT molecular complexity index is 544. The van der Waals surface area contributed by atoms with Gasteiger partial charge in [-0.1, -0.05) is 0 Å². The fourth-order valence-electron chi connectivity index (χ4n) is 2.85. The molecule has 0 atom stereocenters. The number of hydrogen-bond donors (Lipinski definition) is 1. The van der Waals surface area contributed by atoms with Crippen LogP contribution in [0.2, 0.25) is 0 Å². The van der Waals surface area contributed by atoms with Gasteiger partial charge in [0.2, 0.25) is 0 Å². The Morgan fingerprint density at radius 1 is 1.28 bits per heavy atom. The molecule has 1 aromatic carbocycles. The zero-order chi connectivity index (χ0) is 11.8. The molecule has 0 radical (unpaired) electrons. The number of nitrogens with zero attached hydrogens (tertiary/aromatic N) is 1. The van der Waals surface area contributed by atoms with Crippen molar-refractivity contribution in [3.8, 4) is 0 Å². The zero-order valence-electron chi connectivity index (χ0n) is 10.4.